The third-order valence-electron chi connectivity index (χ3n) is 2.11. The van der Waals surface area contributed by atoms with Gasteiger partial charge in [0.05, 0.1) is 18.9 Å². The van der Waals surface area contributed by atoms with Crippen molar-refractivity contribution in [2.24, 2.45) is 0 Å². The van der Waals surface area contributed by atoms with Crippen molar-refractivity contribution in [2.75, 3.05) is 18.5 Å². The second-order valence-electron chi connectivity index (χ2n) is 3.46. The van der Waals surface area contributed by atoms with E-state index in [0.717, 1.165) is 0 Å². The largest absolute Gasteiger partial charge is 0.506 e. The lowest BCUT2D eigenvalue weighted by Gasteiger charge is -2.16. The first-order valence-corrected chi connectivity index (χ1v) is 7.75. The zero-order valence-corrected chi connectivity index (χ0v) is 12.4. The highest BCUT2D eigenvalue weighted by Gasteiger charge is 2.28. The summed E-state index contributed by atoms with van der Waals surface area (Å²) in [5, 5.41) is 12.3. The summed E-state index contributed by atoms with van der Waals surface area (Å²) in [6.07, 6.45) is 1.29. The standard InChI is InChI=1S/C12H17ClNO4P/c1-3-17-19(16,18-4-2)12(13)9-14-10-7-5-6-8-11(10)15/h5-9,14-15H,3-4H2,1-2H3/b12-9+. The van der Waals surface area contributed by atoms with Crippen LogP contribution in [0.15, 0.2) is 35.2 Å². The minimum atomic E-state index is -3.48. The van der Waals surface area contributed by atoms with Gasteiger partial charge in [0, 0.05) is 6.20 Å². The highest BCUT2D eigenvalue weighted by atomic mass is 35.5. The second kappa shape index (κ2) is 7.56. The average Bonchev–Trinajstić information content (AvgIpc) is 2.38. The van der Waals surface area contributed by atoms with Crippen LogP contribution in [0.3, 0.4) is 0 Å². The predicted molar refractivity (Wildman–Crippen MR) is 76.5 cm³/mol. The Hall–Kier alpha value is -1.00. The summed E-state index contributed by atoms with van der Waals surface area (Å²) in [6, 6.07) is 6.61. The number of para-hydroxylation sites is 2. The van der Waals surface area contributed by atoms with E-state index in [1.807, 2.05) is 0 Å². The Morgan fingerprint density at radius 1 is 1.37 bits per heavy atom. The van der Waals surface area contributed by atoms with Crippen LogP contribution in [0.1, 0.15) is 13.8 Å². The van der Waals surface area contributed by atoms with E-state index in [2.05, 4.69) is 5.32 Å². The van der Waals surface area contributed by atoms with Crippen molar-refractivity contribution in [3.05, 3.63) is 35.2 Å². The molecule has 19 heavy (non-hydrogen) atoms. The molecule has 0 aliphatic carbocycles. The maximum absolute atomic E-state index is 12.3. The number of phenolic OH excluding ortho intramolecular Hbond substituents is 1. The van der Waals surface area contributed by atoms with E-state index in [-0.39, 0.29) is 23.7 Å². The van der Waals surface area contributed by atoms with Crippen molar-refractivity contribution < 1.29 is 18.7 Å². The zero-order valence-electron chi connectivity index (χ0n) is 10.8. The first-order valence-electron chi connectivity index (χ1n) is 5.83. The molecule has 1 aromatic carbocycles. The Labute approximate surface area is 117 Å². The highest BCUT2D eigenvalue weighted by molar-refractivity contribution is 7.61. The summed E-state index contributed by atoms with van der Waals surface area (Å²) >= 11 is 5.95. The van der Waals surface area contributed by atoms with Crippen molar-refractivity contribution >= 4 is 24.9 Å². The molecule has 1 aromatic rings. The molecule has 0 saturated heterocycles. The van der Waals surface area contributed by atoms with Crippen LogP contribution in [0.4, 0.5) is 5.69 Å². The molecule has 5 nitrogen and oxygen atoms in total. The van der Waals surface area contributed by atoms with Gasteiger partial charge in [0.2, 0.25) is 0 Å². The fourth-order valence-corrected chi connectivity index (χ4v) is 2.88. The van der Waals surface area contributed by atoms with Crippen LogP contribution in [0, 0.1) is 0 Å². The first-order chi connectivity index (χ1) is 9.03. The van der Waals surface area contributed by atoms with E-state index in [4.69, 9.17) is 20.6 Å². The molecular weight excluding hydrogens is 289 g/mol. The molecule has 1 rings (SSSR count). The monoisotopic (exact) mass is 305 g/mol. The summed E-state index contributed by atoms with van der Waals surface area (Å²) in [5.41, 5.74) is 0.445. The molecule has 0 radical (unpaired) electrons. The minimum Gasteiger partial charge on any atom is -0.506 e. The molecule has 0 aliphatic heterocycles. The first kappa shape index (κ1) is 16.1. The molecule has 0 saturated carbocycles. The van der Waals surface area contributed by atoms with E-state index >= 15 is 0 Å². The van der Waals surface area contributed by atoms with Gasteiger partial charge in [-0.05, 0) is 26.0 Å². The number of halogens is 1. The molecule has 0 heterocycles. The van der Waals surface area contributed by atoms with Gasteiger partial charge >= 0.3 is 7.60 Å². The molecular formula is C12H17ClNO4P. The summed E-state index contributed by atoms with van der Waals surface area (Å²) in [5.74, 6) is 0.0610. The molecule has 7 heteroatoms. The fourth-order valence-electron chi connectivity index (χ4n) is 1.31. The number of benzene rings is 1. The molecule has 0 unspecified atom stereocenters. The Morgan fingerprint density at radius 2 is 1.95 bits per heavy atom. The third kappa shape index (κ3) is 4.55. The van der Waals surface area contributed by atoms with Crippen molar-refractivity contribution in [1.29, 1.82) is 0 Å². The Kier molecular flexibility index (Phi) is 6.38. The van der Waals surface area contributed by atoms with Gasteiger partial charge in [-0.2, -0.15) is 0 Å². The van der Waals surface area contributed by atoms with E-state index in [0.29, 0.717) is 5.69 Å². The number of aromatic hydroxyl groups is 1. The lowest BCUT2D eigenvalue weighted by Crippen LogP contribution is -1.98. The molecule has 0 spiro atoms. The van der Waals surface area contributed by atoms with Gasteiger partial charge < -0.3 is 19.5 Å². The number of nitrogens with one attached hydrogen (secondary N) is 1. The van der Waals surface area contributed by atoms with Gasteiger partial charge in [0.1, 0.15) is 10.5 Å². The van der Waals surface area contributed by atoms with Crippen LogP contribution in [0.5, 0.6) is 5.75 Å². The molecule has 0 aliphatic rings. The molecule has 106 valence electrons. The van der Waals surface area contributed by atoms with E-state index < -0.39 is 7.60 Å². The lowest BCUT2D eigenvalue weighted by molar-refractivity contribution is 0.228. The molecule has 0 aromatic heterocycles. The van der Waals surface area contributed by atoms with Crippen LogP contribution in [-0.2, 0) is 13.6 Å². The molecule has 2 N–H and O–H groups in total. The normalized spacial score (nSPS) is 12.5. The smallest absolute Gasteiger partial charge is 0.374 e. The number of hydrogen-bond acceptors (Lipinski definition) is 5. The summed E-state index contributed by atoms with van der Waals surface area (Å²) in [7, 11) is -3.48. The average molecular weight is 306 g/mol. The van der Waals surface area contributed by atoms with Crippen molar-refractivity contribution in [2.45, 2.75) is 13.8 Å². The highest BCUT2D eigenvalue weighted by Crippen LogP contribution is 2.57. The van der Waals surface area contributed by atoms with Gasteiger partial charge in [0.25, 0.3) is 0 Å². The molecule has 0 amide bonds. The predicted octanol–water partition coefficient (Wildman–Crippen LogP) is 4.11. The maximum Gasteiger partial charge on any atom is 0.374 e. The van der Waals surface area contributed by atoms with Crippen molar-refractivity contribution in [1.82, 2.24) is 0 Å². The van der Waals surface area contributed by atoms with Gasteiger partial charge in [-0.3, -0.25) is 4.57 Å². The Morgan fingerprint density at radius 3 is 2.47 bits per heavy atom. The third-order valence-corrected chi connectivity index (χ3v) is 4.69. The number of rotatable bonds is 7. The summed E-state index contributed by atoms with van der Waals surface area (Å²) in [4.78, 5) is 0. The van der Waals surface area contributed by atoms with Crippen molar-refractivity contribution in [3.63, 3.8) is 0 Å². The van der Waals surface area contributed by atoms with Crippen LogP contribution < -0.4 is 5.32 Å². The fraction of sp³-hybridized carbons (Fsp3) is 0.333. The summed E-state index contributed by atoms with van der Waals surface area (Å²) < 4.78 is 22.4. The molecule has 0 bridgehead atoms. The summed E-state index contributed by atoms with van der Waals surface area (Å²) in [6.45, 7) is 3.84. The van der Waals surface area contributed by atoms with Crippen LogP contribution in [0.25, 0.3) is 0 Å². The molecule has 0 atom stereocenters. The number of hydrogen-bond donors (Lipinski definition) is 2. The number of phenols is 1. The lowest BCUT2D eigenvalue weighted by atomic mass is 10.3. The van der Waals surface area contributed by atoms with Gasteiger partial charge in [0.15, 0.2) is 0 Å². The second-order valence-corrected chi connectivity index (χ2v) is 6.13. The van der Waals surface area contributed by atoms with Crippen LogP contribution in [0.2, 0.25) is 0 Å². The zero-order chi connectivity index (χ0) is 14.3. The van der Waals surface area contributed by atoms with E-state index in [1.165, 1.54) is 12.3 Å². The van der Waals surface area contributed by atoms with E-state index in [9.17, 15) is 9.67 Å². The topological polar surface area (TPSA) is 67.8 Å². The SMILES string of the molecule is CCOP(=O)(OCC)/C(Cl)=C/Nc1ccccc1O. The minimum absolute atomic E-state index is 0.0610. The van der Waals surface area contributed by atoms with E-state index in [1.54, 1.807) is 32.0 Å². The van der Waals surface area contributed by atoms with Crippen LogP contribution >= 0.6 is 19.2 Å². The van der Waals surface area contributed by atoms with Crippen LogP contribution in [-0.4, -0.2) is 18.3 Å². The Bertz CT molecular complexity index is 482. The molecule has 0 fully saturated rings. The van der Waals surface area contributed by atoms with Crippen molar-refractivity contribution in [3.8, 4) is 5.75 Å². The van der Waals surface area contributed by atoms with Gasteiger partial charge in [-0.15, -0.1) is 0 Å². The Balaban J connectivity index is 2.85. The van der Waals surface area contributed by atoms with Gasteiger partial charge in [-0.1, -0.05) is 23.7 Å². The number of anilines is 1. The quantitative estimate of drug-likeness (QED) is 0.586. The maximum atomic E-state index is 12.3. The van der Waals surface area contributed by atoms with Gasteiger partial charge in [-0.25, -0.2) is 0 Å².